The smallest absolute Gasteiger partial charge is 0.166 e. The third-order valence-corrected chi connectivity index (χ3v) is 1.78. The summed E-state index contributed by atoms with van der Waals surface area (Å²) in [4.78, 5) is 3.74. The topological polar surface area (TPSA) is 6.48 Å². The summed E-state index contributed by atoms with van der Waals surface area (Å²) in [6.07, 6.45) is -0.760. The van der Waals surface area contributed by atoms with E-state index in [1.54, 1.807) is 4.90 Å². The van der Waals surface area contributed by atoms with Crippen LogP contribution < -0.4 is 0 Å². The monoisotopic (exact) mass is 132 g/mol. The maximum Gasteiger partial charge on any atom is 0.166 e. The quantitative estimate of drug-likeness (QED) is 0.433. The van der Waals surface area contributed by atoms with Gasteiger partial charge in [0.25, 0.3) is 0 Å². The van der Waals surface area contributed by atoms with Crippen LogP contribution in [0.25, 0.3) is 0 Å². The molecular weight excluding hydrogens is 119 g/mol. The van der Waals surface area contributed by atoms with Crippen LogP contribution in [0.2, 0.25) is 0 Å². The second-order valence-electron chi connectivity index (χ2n) is 2.68. The van der Waals surface area contributed by atoms with Crippen LogP contribution in [0.15, 0.2) is 0 Å². The van der Waals surface area contributed by atoms with Crippen LogP contribution in [0.5, 0.6) is 0 Å². The van der Waals surface area contributed by atoms with Gasteiger partial charge in [-0.15, -0.1) is 0 Å². The molecule has 54 valence electrons. The lowest BCUT2D eigenvalue weighted by atomic mass is 10.3. The van der Waals surface area contributed by atoms with E-state index in [1.807, 2.05) is 19.0 Å². The van der Waals surface area contributed by atoms with Gasteiger partial charge in [0.1, 0.15) is 0 Å². The highest BCUT2D eigenvalue weighted by molar-refractivity contribution is 4.69. The van der Waals surface area contributed by atoms with Gasteiger partial charge in [0.05, 0.1) is 0 Å². The van der Waals surface area contributed by atoms with E-state index in [1.165, 1.54) is 0 Å². The number of halogens is 1. The number of rotatable bonds is 0. The molecule has 9 heavy (non-hydrogen) atoms. The second kappa shape index (κ2) is 2.62. The number of nitrogens with zero attached hydrogens (tertiary/aromatic N) is 2. The molecule has 3 heteroatoms. The molecule has 1 saturated heterocycles. The first-order valence-electron chi connectivity index (χ1n) is 3.23. The SMILES string of the molecule is CN1CCN(C)C(F)C1. The van der Waals surface area contributed by atoms with Gasteiger partial charge in [0.2, 0.25) is 0 Å². The van der Waals surface area contributed by atoms with Crippen molar-refractivity contribution in [3.63, 3.8) is 0 Å². The fraction of sp³-hybridized carbons (Fsp3) is 1.00. The Balaban J connectivity index is 2.35. The van der Waals surface area contributed by atoms with Crippen molar-refractivity contribution in [2.45, 2.75) is 6.30 Å². The first-order valence-corrected chi connectivity index (χ1v) is 3.23. The Kier molecular flexibility index (Phi) is 2.03. The zero-order valence-corrected chi connectivity index (χ0v) is 5.97. The van der Waals surface area contributed by atoms with Crippen molar-refractivity contribution in [2.75, 3.05) is 33.7 Å². The number of likely N-dealkylation sites (N-methyl/N-ethyl adjacent to an activating group) is 2. The van der Waals surface area contributed by atoms with Gasteiger partial charge < -0.3 is 4.90 Å². The highest BCUT2D eigenvalue weighted by Gasteiger charge is 2.20. The van der Waals surface area contributed by atoms with E-state index in [0.29, 0.717) is 6.54 Å². The van der Waals surface area contributed by atoms with E-state index in [2.05, 4.69) is 0 Å². The van der Waals surface area contributed by atoms with Crippen molar-refractivity contribution in [1.82, 2.24) is 9.80 Å². The predicted molar refractivity (Wildman–Crippen MR) is 35.0 cm³/mol. The van der Waals surface area contributed by atoms with Gasteiger partial charge in [-0.25, -0.2) is 4.39 Å². The van der Waals surface area contributed by atoms with Gasteiger partial charge in [0.15, 0.2) is 6.30 Å². The normalized spacial score (nSPS) is 33.0. The number of piperazine rings is 1. The molecule has 1 unspecified atom stereocenters. The van der Waals surface area contributed by atoms with Crippen LogP contribution in [-0.2, 0) is 0 Å². The molecule has 1 aliphatic rings. The fourth-order valence-corrected chi connectivity index (χ4v) is 0.956. The Morgan fingerprint density at radius 3 is 2.44 bits per heavy atom. The summed E-state index contributed by atoms with van der Waals surface area (Å²) in [6.45, 7) is 2.38. The molecule has 0 aromatic heterocycles. The molecule has 1 aliphatic heterocycles. The summed E-state index contributed by atoms with van der Waals surface area (Å²) >= 11 is 0. The molecule has 0 aromatic rings. The van der Waals surface area contributed by atoms with Crippen LogP contribution in [0, 0.1) is 0 Å². The lowest BCUT2D eigenvalue weighted by molar-refractivity contribution is 0.0293. The molecule has 1 atom stereocenters. The number of alkyl halides is 1. The molecule has 0 amide bonds. The Morgan fingerprint density at radius 1 is 1.33 bits per heavy atom. The maximum absolute atomic E-state index is 12.7. The van der Waals surface area contributed by atoms with Crippen LogP contribution in [0.3, 0.4) is 0 Å². The molecule has 2 nitrogen and oxygen atoms in total. The van der Waals surface area contributed by atoms with E-state index >= 15 is 0 Å². The molecule has 1 heterocycles. The van der Waals surface area contributed by atoms with Gasteiger partial charge in [-0.05, 0) is 14.1 Å². The molecule has 0 N–H and O–H groups in total. The molecular formula is C6H13FN2. The minimum absolute atomic E-state index is 0.552. The standard InChI is InChI=1S/C6H13FN2/c1-8-3-4-9(2)6(7)5-8/h6H,3-5H2,1-2H3. The first kappa shape index (κ1) is 6.96. The minimum Gasteiger partial charge on any atom is -0.301 e. The van der Waals surface area contributed by atoms with Gasteiger partial charge >= 0.3 is 0 Å². The van der Waals surface area contributed by atoms with Gasteiger partial charge in [0, 0.05) is 19.6 Å². The van der Waals surface area contributed by atoms with Crippen molar-refractivity contribution in [2.24, 2.45) is 0 Å². The zero-order chi connectivity index (χ0) is 6.85. The molecule has 0 bridgehead atoms. The summed E-state index contributed by atoms with van der Waals surface area (Å²) in [5.74, 6) is 0. The predicted octanol–water partition coefficient (Wildman–Crippen LogP) is 0.159. The minimum atomic E-state index is -0.760. The van der Waals surface area contributed by atoms with Crippen LogP contribution >= 0.6 is 0 Å². The van der Waals surface area contributed by atoms with Crippen molar-refractivity contribution < 1.29 is 4.39 Å². The average Bonchev–Trinajstić information content (AvgIpc) is 1.80. The Morgan fingerprint density at radius 2 is 2.00 bits per heavy atom. The van der Waals surface area contributed by atoms with Crippen LogP contribution in [-0.4, -0.2) is 49.8 Å². The lowest BCUT2D eigenvalue weighted by Gasteiger charge is -2.32. The van der Waals surface area contributed by atoms with E-state index < -0.39 is 6.30 Å². The highest BCUT2D eigenvalue weighted by Crippen LogP contribution is 2.05. The molecule has 0 saturated carbocycles. The zero-order valence-electron chi connectivity index (χ0n) is 5.97. The third-order valence-electron chi connectivity index (χ3n) is 1.78. The number of hydrogen-bond donors (Lipinski definition) is 0. The van der Waals surface area contributed by atoms with Crippen molar-refractivity contribution in [3.05, 3.63) is 0 Å². The largest absolute Gasteiger partial charge is 0.301 e. The maximum atomic E-state index is 12.7. The summed E-state index contributed by atoms with van der Waals surface area (Å²) in [5, 5.41) is 0. The summed E-state index contributed by atoms with van der Waals surface area (Å²) in [5.41, 5.74) is 0. The van der Waals surface area contributed by atoms with Gasteiger partial charge in [-0.2, -0.15) is 0 Å². The van der Waals surface area contributed by atoms with Crippen LogP contribution in [0.4, 0.5) is 4.39 Å². The Labute approximate surface area is 55.2 Å². The first-order chi connectivity index (χ1) is 4.20. The van der Waals surface area contributed by atoms with Gasteiger partial charge in [-0.3, -0.25) is 4.90 Å². The molecule has 0 radical (unpaired) electrons. The molecule has 1 fully saturated rings. The number of hydrogen-bond acceptors (Lipinski definition) is 2. The summed E-state index contributed by atoms with van der Waals surface area (Å²) in [6, 6.07) is 0. The van der Waals surface area contributed by atoms with Crippen molar-refractivity contribution >= 4 is 0 Å². The average molecular weight is 132 g/mol. The van der Waals surface area contributed by atoms with E-state index in [4.69, 9.17) is 0 Å². The fourth-order valence-electron chi connectivity index (χ4n) is 0.956. The molecule has 1 rings (SSSR count). The second-order valence-corrected chi connectivity index (χ2v) is 2.68. The molecule has 0 spiro atoms. The van der Waals surface area contributed by atoms with Crippen molar-refractivity contribution in [1.29, 1.82) is 0 Å². The van der Waals surface area contributed by atoms with Gasteiger partial charge in [-0.1, -0.05) is 0 Å². The van der Waals surface area contributed by atoms with E-state index in [-0.39, 0.29) is 0 Å². The Bertz CT molecular complexity index is 97.1. The highest BCUT2D eigenvalue weighted by atomic mass is 19.1. The van der Waals surface area contributed by atoms with Crippen LogP contribution in [0.1, 0.15) is 0 Å². The van der Waals surface area contributed by atoms with E-state index in [9.17, 15) is 4.39 Å². The molecule has 0 aliphatic carbocycles. The lowest BCUT2D eigenvalue weighted by Crippen LogP contribution is -2.47. The summed E-state index contributed by atoms with van der Waals surface area (Å²) < 4.78 is 12.7. The Hall–Kier alpha value is -0.150. The van der Waals surface area contributed by atoms with E-state index in [0.717, 1.165) is 13.1 Å². The van der Waals surface area contributed by atoms with Crippen molar-refractivity contribution in [3.8, 4) is 0 Å². The summed E-state index contributed by atoms with van der Waals surface area (Å²) in [7, 11) is 3.76. The molecule has 0 aromatic carbocycles. The third kappa shape index (κ3) is 1.63.